The molecular weight excluding hydrogens is 484 g/mol. The van der Waals surface area contributed by atoms with Gasteiger partial charge in [0.1, 0.15) is 12.7 Å². The molecule has 0 radical (unpaired) electrons. The van der Waals surface area contributed by atoms with Crippen molar-refractivity contribution in [3.63, 3.8) is 0 Å². The summed E-state index contributed by atoms with van der Waals surface area (Å²) in [6, 6.07) is 17.4. The quantitative estimate of drug-likeness (QED) is 0.598. The summed E-state index contributed by atoms with van der Waals surface area (Å²) in [4.78, 5) is 29.7. The van der Waals surface area contributed by atoms with Crippen LogP contribution in [-0.2, 0) is 31.0 Å². The largest absolute Gasteiger partial charge is 0.510 e. The summed E-state index contributed by atoms with van der Waals surface area (Å²) in [5.74, 6) is -0.0846. The minimum Gasteiger partial charge on any atom is -0.461 e. The van der Waals surface area contributed by atoms with Crippen LogP contribution in [0.3, 0.4) is 0 Å². The maximum atomic E-state index is 13.0. The number of hydrogen-bond donors (Lipinski definition) is 1. The van der Waals surface area contributed by atoms with Crippen molar-refractivity contribution in [1.82, 2.24) is 4.90 Å². The highest BCUT2D eigenvalue weighted by molar-refractivity contribution is 5.71. The second kappa shape index (κ2) is 8.20. The van der Waals surface area contributed by atoms with Gasteiger partial charge < -0.3 is 24.2 Å². The molecule has 8 nitrogen and oxygen atoms in total. The van der Waals surface area contributed by atoms with E-state index in [0.29, 0.717) is 6.42 Å². The summed E-state index contributed by atoms with van der Waals surface area (Å²) in [6.45, 7) is 3.71. The highest BCUT2D eigenvalue weighted by Crippen LogP contribution is 2.72. The van der Waals surface area contributed by atoms with Crippen LogP contribution in [0.4, 0.5) is 10.5 Å². The second-order valence-corrected chi connectivity index (χ2v) is 11.6. The van der Waals surface area contributed by atoms with Gasteiger partial charge in [-0.1, -0.05) is 55.5 Å². The Hall–Kier alpha value is -3.10. The zero-order chi connectivity index (χ0) is 26.4. The zero-order valence-corrected chi connectivity index (χ0v) is 21.9. The first-order valence-electron chi connectivity index (χ1n) is 13.7. The van der Waals surface area contributed by atoms with Gasteiger partial charge in [-0.3, -0.25) is 9.69 Å². The van der Waals surface area contributed by atoms with Gasteiger partial charge in [-0.2, -0.15) is 0 Å². The van der Waals surface area contributed by atoms with Gasteiger partial charge in [0.25, 0.3) is 0 Å². The number of para-hydroxylation sites is 1. The number of carbonyl (C=O) groups is 2. The number of aliphatic hydroxyl groups is 1. The van der Waals surface area contributed by atoms with Crippen molar-refractivity contribution in [3.05, 3.63) is 65.7 Å². The minimum atomic E-state index is -1.31. The van der Waals surface area contributed by atoms with Gasteiger partial charge in [-0.05, 0) is 42.4 Å². The number of esters is 1. The number of piperidine rings is 4. The summed E-state index contributed by atoms with van der Waals surface area (Å²) in [7, 11) is 1.93. The lowest BCUT2D eigenvalue weighted by atomic mass is 9.61. The summed E-state index contributed by atoms with van der Waals surface area (Å²) in [5.41, 5.74) is 0.847. The van der Waals surface area contributed by atoms with E-state index in [0.717, 1.165) is 29.7 Å². The molecule has 8 heteroatoms. The van der Waals surface area contributed by atoms with Gasteiger partial charge >= 0.3 is 12.1 Å². The molecule has 0 aromatic heterocycles. The molecule has 200 valence electrons. The molecule has 4 saturated heterocycles. The third-order valence-electron chi connectivity index (χ3n) is 10.3. The number of hydrogen-bond acceptors (Lipinski definition) is 8. The second-order valence-electron chi connectivity index (χ2n) is 11.6. The van der Waals surface area contributed by atoms with Gasteiger partial charge in [0.05, 0.1) is 11.5 Å². The fraction of sp³-hybridized carbons (Fsp3) is 0.533. The normalized spacial score (nSPS) is 41.0. The molecule has 2 aromatic rings. The van der Waals surface area contributed by atoms with Crippen molar-refractivity contribution in [1.29, 1.82) is 0 Å². The third kappa shape index (κ3) is 2.82. The molecule has 5 bridgehead atoms. The Labute approximate surface area is 222 Å². The number of benzene rings is 2. The number of likely N-dealkylation sites (N-methyl/N-ethyl adjacent to an activating group) is 1. The molecule has 8 rings (SSSR count). The Morgan fingerprint density at radius 1 is 1.08 bits per heavy atom. The van der Waals surface area contributed by atoms with Crippen molar-refractivity contribution >= 4 is 17.8 Å². The molecule has 0 amide bonds. The summed E-state index contributed by atoms with van der Waals surface area (Å²) < 4.78 is 17.8. The fourth-order valence-corrected chi connectivity index (χ4v) is 9.15. The van der Waals surface area contributed by atoms with E-state index < -0.39 is 29.6 Å². The molecule has 6 aliphatic rings. The van der Waals surface area contributed by atoms with Crippen LogP contribution in [0.15, 0.2) is 54.6 Å². The van der Waals surface area contributed by atoms with Gasteiger partial charge in [0, 0.05) is 37.5 Å². The van der Waals surface area contributed by atoms with Crippen molar-refractivity contribution in [2.45, 2.75) is 75.3 Å². The predicted molar refractivity (Wildman–Crippen MR) is 138 cm³/mol. The number of carbonyl (C=O) groups excluding carboxylic acids is 2. The number of ether oxygens (including phenoxy) is 3. The maximum Gasteiger partial charge on any atom is 0.510 e. The van der Waals surface area contributed by atoms with Crippen LogP contribution in [0.1, 0.15) is 44.2 Å². The predicted octanol–water partition coefficient (Wildman–Crippen LogP) is 3.81. The van der Waals surface area contributed by atoms with Crippen molar-refractivity contribution in [2.24, 2.45) is 17.8 Å². The molecular formula is C30H34N2O6. The Kier molecular flexibility index (Phi) is 5.17. The summed E-state index contributed by atoms with van der Waals surface area (Å²) in [5, 5.41) is 12.9. The maximum absolute atomic E-state index is 13.0. The fourth-order valence-electron chi connectivity index (χ4n) is 9.15. The van der Waals surface area contributed by atoms with E-state index in [9.17, 15) is 14.7 Å². The lowest BCUT2D eigenvalue weighted by Gasteiger charge is -2.64. The molecule has 2 unspecified atom stereocenters. The molecule has 10 atom stereocenters. The Morgan fingerprint density at radius 2 is 1.82 bits per heavy atom. The first kappa shape index (κ1) is 24.0. The Balaban J connectivity index is 1.28. The van der Waals surface area contributed by atoms with Crippen molar-refractivity contribution < 1.29 is 28.9 Å². The third-order valence-corrected chi connectivity index (χ3v) is 10.3. The molecule has 1 N–H and O–H groups in total. The Bertz CT molecular complexity index is 1290. The SMILES string of the molecule is CC[C@H]1[C@@H]2C[C@@H]3N([C@@H]1OC(=O)OCc1ccccc1)[C@H]1CC4(c5ccccc5N(C)[C@]34O)[C@H](OC(C)=O)[C@@H]21. The van der Waals surface area contributed by atoms with Crippen LogP contribution in [0.25, 0.3) is 0 Å². The average molecular weight is 519 g/mol. The molecule has 5 fully saturated rings. The average Bonchev–Trinajstić information content (AvgIpc) is 3.32. The van der Waals surface area contributed by atoms with Crippen LogP contribution in [0.2, 0.25) is 0 Å². The zero-order valence-electron chi connectivity index (χ0n) is 21.9. The molecule has 1 spiro atoms. The van der Waals surface area contributed by atoms with Crippen LogP contribution in [-0.4, -0.2) is 59.3 Å². The van der Waals surface area contributed by atoms with Crippen molar-refractivity contribution in [3.8, 4) is 0 Å². The summed E-state index contributed by atoms with van der Waals surface area (Å²) >= 11 is 0. The number of fused-ring (bicyclic) bond motifs is 2. The van der Waals surface area contributed by atoms with E-state index in [1.165, 1.54) is 6.92 Å². The topological polar surface area (TPSA) is 88.5 Å². The molecule has 1 aliphatic carbocycles. The van der Waals surface area contributed by atoms with Crippen LogP contribution < -0.4 is 4.90 Å². The van der Waals surface area contributed by atoms with Gasteiger partial charge in [0.15, 0.2) is 12.0 Å². The van der Waals surface area contributed by atoms with Gasteiger partial charge in [0.2, 0.25) is 0 Å². The van der Waals surface area contributed by atoms with E-state index >= 15 is 0 Å². The molecule has 38 heavy (non-hydrogen) atoms. The van der Waals surface area contributed by atoms with E-state index in [-0.39, 0.29) is 42.4 Å². The number of anilines is 1. The number of rotatable bonds is 5. The van der Waals surface area contributed by atoms with Gasteiger partial charge in [-0.15, -0.1) is 0 Å². The van der Waals surface area contributed by atoms with Crippen LogP contribution >= 0.6 is 0 Å². The minimum absolute atomic E-state index is 0.0256. The van der Waals surface area contributed by atoms with Crippen LogP contribution in [0, 0.1) is 17.8 Å². The van der Waals surface area contributed by atoms with Gasteiger partial charge in [-0.25, -0.2) is 4.79 Å². The highest BCUT2D eigenvalue weighted by atomic mass is 16.7. The lowest BCUT2D eigenvalue weighted by molar-refractivity contribution is -0.252. The molecule has 5 heterocycles. The monoisotopic (exact) mass is 518 g/mol. The van der Waals surface area contributed by atoms with E-state index in [1.807, 2.05) is 60.5 Å². The standard InChI is InChI=1S/C30H34N2O6/c1-4-19-20-14-24-30(35)29(21-12-8-9-13-22(21)31(30)3)15-23(25(20)26(29)37-17(2)33)32(24)27(19)38-28(34)36-16-18-10-6-5-7-11-18/h5-13,19-20,23-27,35H,4,14-16H2,1-3H3/t19-,20-,23-,24-,25-,26+,27+,29?,30-/m0/s1. The molecule has 2 aromatic carbocycles. The van der Waals surface area contributed by atoms with E-state index in [1.54, 1.807) is 0 Å². The van der Waals surface area contributed by atoms with Crippen molar-refractivity contribution in [2.75, 3.05) is 11.9 Å². The molecule has 5 aliphatic heterocycles. The van der Waals surface area contributed by atoms with E-state index in [4.69, 9.17) is 14.2 Å². The van der Waals surface area contributed by atoms with E-state index in [2.05, 4.69) is 17.9 Å². The Morgan fingerprint density at radius 3 is 2.55 bits per heavy atom. The lowest BCUT2D eigenvalue weighted by Crippen LogP contribution is -2.78. The first-order chi connectivity index (χ1) is 18.3. The number of nitrogens with zero attached hydrogens (tertiary/aromatic N) is 2. The first-order valence-corrected chi connectivity index (χ1v) is 13.7. The summed E-state index contributed by atoms with van der Waals surface area (Å²) in [6.07, 6.45) is 0.530. The smallest absolute Gasteiger partial charge is 0.461 e. The molecule has 1 saturated carbocycles. The highest BCUT2D eigenvalue weighted by Gasteiger charge is 2.83. The van der Waals surface area contributed by atoms with Crippen LogP contribution in [0.5, 0.6) is 0 Å².